The standard InChI is InChI=1S/C54H42N2/c1-36(41-32-30-38-31-33-42(35-43(38)34-41)47-27-17-29-51-52(47)49-26-15-16-28-50(49)54(51,3)4)55-53(48-25-14-13-24-46(48)40-20-9-6-10-21-40)56-37(2)44-22-11-12-23-45(44)39-18-7-5-8-19-39/h5-35H,2H2,1,3-4H3. The van der Waals surface area contributed by atoms with Crippen LogP contribution in [-0.4, -0.2) is 11.5 Å². The number of aliphatic imine (C=N–C) groups is 2. The van der Waals surface area contributed by atoms with E-state index in [-0.39, 0.29) is 5.41 Å². The fourth-order valence-electron chi connectivity index (χ4n) is 8.34. The summed E-state index contributed by atoms with van der Waals surface area (Å²) in [6, 6.07) is 66.7. The molecule has 0 radical (unpaired) electrons. The van der Waals surface area contributed by atoms with E-state index in [9.17, 15) is 0 Å². The average molecular weight is 719 g/mol. The Morgan fingerprint density at radius 2 is 1.00 bits per heavy atom. The van der Waals surface area contributed by atoms with Crippen LogP contribution in [0.25, 0.3) is 61.0 Å². The SMILES string of the molecule is C=C(N=C(N=C(C)c1ccc2ccc(-c3cccc4c3-c3ccccc3C4(C)C)cc2c1)c1ccccc1-c1ccccc1)c1ccccc1-c1ccccc1. The number of hydrogen-bond acceptors (Lipinski definition) is 1. The zero-order valence-corrected chi connectivity index (χ0v) is 32.0. The molecule has 0 N–H and O–H groups in total. The Hall–Kier alpha value is -6.90. The molecule has 0 unspecified atom stereocenters. The lowest BCUT2D eigenvalue weighted by Gasteiger charge is -2.21. The summed E-state index contributed by atoms with van der Waals surface area (Å²) in [6.07, 6.45) is 0. The van der Waals surface area contributed by atoms with Crippen LogP contribution in [0.1, 0.15) is 48.6 Å². The number of hydrogen-bond donors (Lipinski definition) is 0. The minimum absolute atomic E-state index is 0.0488. The molecule has 0 heterocycles. The van der Waals surface area contributed by atoms with Crippen LogP contribution in [0.3, 0.4) is 0 Å². The smallest absolute Gasteiger partial charge is 0.160 e. The molecule has 8 aromatic rings. The van der Waals surface area contributed by atoms with Crippen molar-refractivity contribution in [2.75, 3.05) is 0 Å². The van der Waals surface area contributed by atoms with E-state index in [0.29, 0.717) is 11.5 Å². The van der Waals surface area contributed by atoms with Crippen molar-refractivity contribution in [2.24, 2.45) is 9.98 Å². The first-order valence-corrected chi connectivity index (χ1v) is 19.3. The summed E-state index contributed by atoms with van der Waals surface area (Å²) in [7, 11) is 0. The van der Waals surface area contributed by atoms with Crippen molar-refractivity contribution in [2.45, 2.75) is 26.2 Å². The highest BCUT2D eigenvalue weighted by Crippen LogP contribution is 2.52. The fourth-order valence-corrected chi connectivity index (χ4v) is 8.34. The Labute approximate surface area is 329 Å². The minimum atomic E-state index is -0.0488. The van der Waals surface area contributed by atoms with Crippen molar-refractivity contribution in [1.82, 2.24) is 0 Å². The van der Waals surface area contributed by atoms with E-state index < -0.39 is 0 Å². The van der Waals surface area contributed by atoms with Gasteiger partial charge < -0.3 is 0 Å². The van der Waals surface area contributed by atoms with Gasteiger partial charge in [-0.3, -0.25) is 0 Å². The van der Waals surface area contributed by atoms with Crippen LogP contribution in [0.15, 0.2) is 205 Å². The highest BCUT2D eigenvalue weighted by molar-refractivity contribution is 6.16. The molecule has 0 saturated heterocycles. The Bertz CT molecular complexity index is 2840. The van der Waals surface area contributed by atoms with E-state index in [1.807, 2.05) is 18.2 Å². The Balaban J connectivity index is 1.16. The predicted molar refractivity (Wildman–Crippen MR) is 238 cm³/mol. The minimum Gasteiger partial charge on any atom is -0.233 e. The monoisotopic (exact) mass is 718 g/mol. The topological polar surface area (TPSA) is 24.7 Å². The van der Waals surface area contributed by atoms with Gasteiger partial charge in [-0.1, -0.05) is 196 Å². The number of amidine groups is 1. The third kappa shape index (κ3) is 6.29. The van der Waals surface area contributed by atoms with Gasteiger partial charge in [-0.05, 0) is 91.0 Å². The molecule has 56 heavy (non-hydrogen) atoms. The molecule has 8 aromatic carbocycles. The summed E-state index contributed by atoms with van der Waals surface area (Å²) >= 11 is 0. The van der Waals surface area contributed by atoms with Gasteiger partial charge in [0.05, 0.1) is 5.70 Å². The van der Waals surface area contributed by atoms with Crippen molar-refractivity contribution < 1.29 is 0 Å². The van der Waals surface area contributed by atoms with Gasteiger partial charge in [0.25, 0.3) is 0 Å². The molecule has 0 bridgehead atoms. The summed E-state index contributed by atoms with van der Waals surface area (Å²) in [5.41, 5.74) is 16.7. The van der Waals surface area contributed by atoms with Crippen LogP contribution in [0.4, 0.5) is 0 Å². The second kappa shape index (κ2) is 14.4. The van der Waals surface area contributed by atoms with Gasteiger partial charge in [-0.2, -0.15) is 0 Å². The Kier molecular flexibility index (Phi) is 8.96. The normalized spacial score (nSPS) is 13.3. The zero-order chi connectivity index (χ0) is 38.2. The Morgan fingerprint density at radius 1 is 0.446 bits per heavy atom. The molecule has 0 saturated carbocycles. The van der Waals surface area contributed by atoms with E-state index in [2.05, 4.69) is 197 Å². The molecular weight excluding hydrogens is 677 g/mol. The first-order valence-electron chi connectivity index (χ1n) is 19.3. The molecule has 0 fully saturated rings. The van der Waals surface area contributed by atoms with E-state index in [1.54, 1.807) is 0 Å². The molecule has 268 valence electrons. The fraction of sp³-hybridized carbons (Fsp3) is 0.0741. The second-order valence-electron chi connectivity index (χ2n) is 15.1. The van der Waals surface area contributed by atoms with Gasteiger partial charge in [0.15, 0.2) is 5.84 Å². The number of rotatable bonds is 7. The predicted octanol–water partition coefficient (Wildman–Crippen LogP) is 14.1. The summed E-state index contributed by atoms with van der Waals surface area (Å²) < 4.78 is 0. The van der Waals surface area contributed by atoms with E-state index in [4.69, 9.17) is 9.98 Å². The van der Waals surface area contributed by atoms with Gasteiger partial charge >= 0.3 is 0 Å². The average Bonchev–Trinajstić information content (AvgIpc) is 3.49. The molecule has 9 rings (SSSR count). The molecule has 1 aliphatic rings. The molecule has 1 aliphatic carbocycles. The summed E-state index contributed by atoms with van der Waals surface area (Å²) in [4.78, 5) is 10.6. The van der Waals surface area contributed by atoms with Gasteiger partial charge in [-0.15, -0.1) is 0 Å². The van der Waals surface area contributed by atoms with Gasteiger partial charge in [0.2, 0.25) is 0 Å². The lowest BCUT2D eigenvalue weighted by Crippen LogP contribution is -2.14. The van der Waals surface area contributed by atoms with E-state index >= 15 is 0 Å². The third-order valence-corrected chi connectivity index (χ3v) is 11.3. The molecule has 0 spiro atoms. The zero-order valence-electron chi connectivity index (χ0n) is 32.0. The quantitative estimate of drug-likeness (QED) is 0.116. The van der Waals surface area contributed by atoms with Crippen LogP contribution < -0.4 is 0 Å². The molecule has 2 nitrogen and oxygen atoms in total. The van der Waals surface area contributed by atoms with E-state index in [1.165, 1.54) is 44.2 Å². The molecule has 2 heteroatoms. The van der Waals surface area contributed by atoms with Crippen molar-refractivity contribution >= 4 is 28.0 Å². The Morgan fingerprint density at radius 3 is 1.71 bits per heavy atom. The van der Waals surface area contributed by atoms with Crippen LogP contribution >= 0.6 is 0 Å². The number of fused-ring (bicyclic) bond motifs is 4. The molecule has 0 atom stereocenters. The molecule has 0 aromatic heterocycles. The maximum Gasteiger partial charge on any atom is 0.160 e. The molecular formula is C54H42N2. The molecule has 0 aliphatic heterocycles. The molecule has 0 amide bonds. The number of benzene rings is 8. The van der Waals surface area contributed by atoms with Crippen LogP contribution in [0.2, 0.25) is 0 Å². The summed E-state index contributed by atoms with van der Waals surface area (Å²) in [5.74, 6) is 0.616. The lowest BCUT2D eigenvalue weighted by molar-refractivity contribution is 0.660. The van der Waals surface area contributed by atoms with E-state index in [0.717, 1.165) is 44.7 Å². The second-order valence-corrected chi connectivity index (χ2v) is 15.1. The maximum absolute atomic E-state index is 5.35. The van der Waals surface area contributed by atoms with Crippen LogP contribution in [-0.2, 0) is 5.41 Å². The van der Waals surface area contributed by atoms with Gasteiger partial charge in [0, 0.05) is 22.3 Å². The summed E-state index contributed by atoms with van der Waals surface area (Å²) in [6.45, 7) is 11.3. The highest BCUT2D eigenvalue weighted by Gasteiger charge is 2.36. The van der Waals surface area contributed by atoms with Gasteiger partial charge in [-0.25, -0.2) is 9.98 Å². The maximum atomic E-state index is 5.35. The van der Waals surface area contributed by atoms with Gasteiger partial charge in [0.1, 0.15) is 0 Å². The van der Waals surface area contributed by atoms with Crippen molar-refractivity contribution in [1.29, 1.82) is 0 Å². The van der Waals surface area contributed by atoms with Crippen molar-refractivity contribution in [3.05, 3.63) is 222 Å². The first-order chi connectivity index (χ1) is 27.4. The lowest BCUT2D eigenvalue weighted by atomic mass is 9.82. The number of nitrogens with zero attached hydrogens (tertiary/aromatic N) is 2. The van der Waals surface area contributed by atoms with Crippen molar-refractivity contribution in [3.8, 4) is 44.5 Å². The highest BCUT2D eigenvalue weighted by atomic mass is 14.9. The summed E-state index contributed by atoms with van der Waals surface area (Å²) in [5, 5.41) is 2.36. The largest absolute Gasteiger partial charge is 0.233 e. The van der Waals surface area contributed by atoms with Crippen LogP contribution in [0, 0.1) is 0 Å². The first kappa shape index (κ1) is 34.8. The van der Waals surface area contributed by atoms with Crippen molar-refractivity contribution in [3.63, 3.8) is 0 Å². The third-order valence-electron chi connectivity index (χ3n) is 11.3. The van der Waals surface area contributed by atoms with Crippen LogP contribution in [0.5, 0.6) is 0 Å².